The summed E-state index contributed by atoms with van der Waals surface area (Å²) < 4.78 is 25.0. The summed E-state index contributed by atoms with van der Waals surface area (Å²) in [4.78, 5) is 13.8. The molecular weight excluding hydrogens is 210 g/mol. The van der Waals surface area contributed by atoms with Crippen molar-refractivity contribution in [2.75, 3.05) is 0 Å². The summed E-state index contributed by atoms with van der Waals surface area (Å²) in [6.45, 7) is -0.250. The van der Waals surface area contributed by atoms with E-state index in [1.165, 1.54) is 0 Å². The maximum atomic E-state index is 12.5. The van der Waals surface area contributed by atoms with Crippen molar-refractivity contribution in [1.82, 2.24) is 4.98 Å². The molecule has 0 bridgehead atoms. The first-order chi connectivity index (χ1) is 6.99. The highest BCUT2D eigenvalue weighted by Crippen LogP contribution is 2.32. The molecule has 0 saturated heterocycles. The van der Waals surface area contributed by atoms with Crippen LogP contribution < -0.4 is 5.73 Å². The van der Waals surface area contributed by atoms with Crippen molar-refractivity contribution in [3.63, 3.8) is 0 Å². The highest BCUT2D eigenvalue weighted by molar-refractivity contribution is 5.89. The van der Waals surface area contributed by atoms with Crippen LogP contribution in [0.1, 0.15) is 28.0 Å². The molecule has 0 aliphatic carbocycles. The zero-order chi connectivity index (χ0) is 11.6. The minimum Gasteiger partial charge on any atom is -0.505 e. The van der Waals surface area contributed by atoms with Crippen LogP contribution in [0.25, 0.3) is 0 Å². The number of nitrogens with zero attached hydrogens (tertiary/aromatic N) is 1. The highest BCUT2D eigenvalue weighted by Gasteiger charge is 2.23. The van der Waals surface area contributed by atoms with Crippen molar-refractivity contribution < 1.29 is 23.8 Å². The number of carboxylic acid groups (broad SMARTS) is 1. The molecular formula is C8H8F2N2O3. The fourth-order valence-corrected chi connectivity index (χ4v) is 1.12. The number of rotatable bonds is 3. The lowest BCUT2D eigenvalue weighted by Gasteiger charge is -2.10. The van der Waals surface area contributed by atoms with Crippen LogP contribution in [-0.2, 0) is 6.54 Å². The third kappa shape index (κ3) is 2.01. The van der Waals surface area contributed by atoms with E-state index in [9.17, 15) is 18.7 Å². The Morgan fingerprint density at radius 2 is 2.20 bits per heavy atom. The first kappa shape index (κ1) is 11.3. The van der Waals surface area contributed by atoms with E-state index >= 15 is 0 Å². The number of aromatic hydroxyl groups is 1. The predicted octanol–water partition coefficient (Wildman–Crippen LogP) is 0.882. The SMILES string of the molecule is NCc1cnc(C(=O)O)c(O)c1C(F)F. The molecule has 0 spiro atoms. The molecule has 7 heteroatoms. The minimum absolute atomic E-state index is 0.0764. The topological polar surface area (TPSA) is 96.4 Å². The second-order valence-electron chi connectivity index (χ2n) is 2.70. The van der Waals surface area contributed by atoms with Gasteiger partial charge in [-0.05, 0) is 5.56 Å². The Bertz CT molecular complexity index is 396. The fourth-order valence-electron chi connectivity index (χ4n) is 1.12. The van der Waals surface area contributed by atoms with E-state index in [0.29, 0.717) is 0 Å². The molecule has 0 unspecified atom stereocenters. The number of carbonyl (C=O) groups is 1. The second kappa shape index (κ2) is 4.18. The Morgan fingerprint density at radius 3 is 2.60 bits per heavy atom. The smallest absolute Gasteiger partial charge is 0.358 e. The summed E-state index contributed by atoms with van der Waals surface area (Å²) in [5, 5.41) is 17.8. The summed E-state index contributed by atoms with van der Waals surface area (Å²) in [5.74, 6) is -2.60. The summed E-state index contributed by atoms with van der Waals surface area (Å²) in [5.41, 5.74) is 3.50. The molecule has 0 saturated carbocycles. The Morgan fingerprint density at radius 1 is 1.60 bits per heavy atom. The van der Waals surface area contributed by atoms with E-state index < -0.39 is 29.4 Å². The van der Waals surface area contributed by atoms with Crippen molar-refractivity contribution in [1.29, 1.82) is 0 Å². The molecule has 1 rings (SSSR count). The monoisotopic (exact) mass is 218 g/mol. The van der Waals surface area contributed by atoms with Gasteiger partial charge in [0.25, 0.3) is 6.43 Å². The van der Waals surface area contributed by atoms with Gasteiger partial charge in [-0.25, -0.2) is 18.6 Å². The third-order valence-corrected chi connectivity index (χ3v) is 1.82. The van der Waals surface area contributed by atoms with Gasteiger partial charge in [-0.15, -0.1) is 0 Å². The van der Waals surface area contributed by atoms with Crippen molar-refractivity contribution in [2.24, 2.45) is 5.73 Å². The Hall–Kier alpha value is -1.76. The van der Waals surface area contributed by atoms with Crippen LogP contribution in [0.15, 0.2) is 6.20 Å². The minimum atomic E-state index is -3.00. The van der Waals surface area contributed by atoms with Crippen LogP contribution in [0.5, 0.6) is 5.75 Å². The van der Waals surface area contributed by atoms with E-state index in [4.69, 9.17) is 10.8 Å². The molecule has 82 valence electrons. The van der Waals surface area contributed by atoms with Gasteiger partial charge in [-0.2, -0.15) is 0 Å². The summed E-state index contributed by atoms with van der Waals surface area (Å²) in [7, 11) is 0. The number of aromatic nitrogens is 1. The number of hydrogen-bond donors (Lipinski definition) is 3. The number of pyridine rings is 1. The highest BCUT2D eigenvalue weighted by atomic mass is 19.3. The van der Waals surface area contributed by atoms with Crippen molar-refractivity contribution in [3.05, 3.63) is 23.0 Å². The maximum Gasteiger partial charge on any atom is 0.358 e. The Balaban J connectivity index is 3.42. The molecule has 0 fully saturated rings. The molecule has 15 heavy (non-hydrogen) atoms. The number of carboxylic acids is 1. The molecule has 0 amide bonds. The van der Waals surface area contributed by atoms with Gasteiger partial charge in [-0.3, -0.25) is 0 Å². The van der Waals surface area contributed by atoms with Crippen LogP contribution in [0.2, 0.25) is 0 Å². The Kier molecular flexibility index (Phi) is 3.15. The van der Waals surface area contributed by atoms with Crippen LogP contribution in [0.3, 0.4) is 0 Å². The fraction of sp³-hybridized carbons (Fsp3) is 0.250. The average molecular weight is 218 g/mol. The van der Waals surface area contributed by atoms with Gasteiger partial charge in [0, 0.05) is 12.7 Å². The molecule has 4 N–H and O–H groups in total. The normalized spacial score (nSPS) is 10.7. The maximum absolute atomic E-state index is 12.5. The molecule has 1 aromatic heterocycles. The van der Waals surface area contributed by atoms with Crippen LogP contribution in [0.4, 0.5) is 8.78 Å². The largest absolute Gasteiger partial charge is 0.505 e. The lowest BCUT2D eigenvalue weighted by molar-refractivity contribution is 0.0685. The second-order valence-corrected chi connectivity index (χ2v) is 2.70. The molecule has 0 atom stereocenters. The van der Waals surface area contributed by atoms with Gasteiger partial charge >= 0.3 is 5.97 Å². The van der Waals surface area contributed by atoms with Crippen LogP contribution in [0, 0.1) is 0 Å². The van der Waals surface area contributed by atoms with Gasteiger partial charge in [0.15, 0.2) is 11.4 Å². The number of nitrogens with two attached hydrogens (primary N) is 1. The summed E-state index contributed by atoms with van der Waals surface area (Å²) in [6.07, 6.45) is -2.07. The third-order valence-electron chi connectivity index (χ3n) is 1.82. The molecule has 0 aliphatic heterocycles. The molecule has 0 aromatic carbocycles. The molecule has 0 aliphatic rings. The number of halogens is 2. The molecule has 5 nitrogen and oxygen atoms in total. The lowest BCUT2D eigenvalue weighted by atomic mass is 10.1. The zero-order valence-corrected chi connectivity index (χ0v) is 7.44. The summed E-state index contributed by atoms with van der Waals surface area (Å²) >= 11 is 0. The van der Waals surface area contributed by atoms with Crippen LogP contribution in [-0.4, -0.2) is 21.2 Å². The first-order valence-corrected chi connectivity index (χ1v) is 3.91. The predicted molar refractivity (Wildman–Crippen MR) is 45.7 cm³/mol. The first-order valence-electron chi connectivity index (χ1n) is 3.91. The van der Waals surface area contributed by atoms with Crippen molar-refractivity contribution in [2.45, 2.75) is 13.0 Å². The van der Waals surface area contributed by atoms with E-state index in [2.05, 4.69) is 4.98 Å². The molecule has 1 aromatic rings. The van der Waals surface area contributed by atoms with Gasteiger partial charge in [0.2, 0.25) is 0 Å². The van der Waals surface area contributed by atoms with Gasteiger partial charge in [-0.1, -0.05) is 0 Å². The van der Waals surface area contributed by atoms with Crippen LogP contribution >= 0.6 is 0 Å². The van der Waals surface area contributed by atoms with Crippen molar-refractivity contribution in [3.8, 4) is 5.75 Å². The molecule has 1 heterocycles. The lowest BCUT2D eigenvalue weighted by Crippen LogP contribution is -2.08. The Labute approximate surface area is 83.2 Å². The van der Waals surface area contributed by atoms with Gasteiger partial charge < -0.3 is 15.9 Å². The molecule has 0 radical (unpaired) electrons. The van der Waals surface area contributed by atoms with Gasteiger partial charge in [0.05, 0.1) is 5.56 Å². The quantitative estimate of drug-likeness (QED) is 0.699. The van der Waals surface area contributed by atoms with E-state index in [1.54, 1.807) is 0 Å². The zero-order valence-electron chi connectivity index (χ0n) is 7.44. The average Bonchev–Trinajstić information content (AvgIpc) is 2.15. The number of aromatic carboxylic acids is 1. The number of hydrogen-bond acceptors (Lipinski definition) is 4. The summed E-state index contributed by atoms with van der Waals surface area (Å²) in [6, 6.07) is 0. The van der Waals surface area contributed by atoms with E-state index in [-0.39, 0.29) is 12.1 Å². The van der Waals surface area contributed by atoms with Crippen molar-refractivity contribution >= 4 is 5.97 Å². The number of alkyl halides is 2. The van der Waals surface area contributed by atoms with E-state index in [0.717, 1.165) is 6.20 Å². The van der Waals surface area contributed by atoms with Gasteiger partial charge in [0.1, 0.15) is 0 Å². The standard InChI is InChI=1S/C8H8F2N2O3/c9-7(10)4-3(1-11)2-12-5(6(4)13)8(14)15/h2,7,13H,1,11H2,(H,14,15). The van der Waals surface area contributed by atoms with E-state index in [1.807, 2.05) is 0 Å².